The molecular weight excluding hydrogens is 877 g/mol. The molecule has 18 heteroatoms. The van der Waals surface area contributed by atoms with Gasteiger partial charge in [-0.15, -0.1) is 0 Å². The summed E-state index contributed by atoms with van der Waals surface area (Å²) in [6, 6.07) is 10.1. The molecule has 364 valence electrons. The van der Waals surface area contributed by atoms with E-state index in [1.165, 1.54) is 32.5 Å². The monoisotopic (exact) mass is 938 g/mol. The third-order valence-electron chi connectivity index (χ3n) is 12.2. The quantitative estimate of drug-likeness (QED) is 0.0585. The van der Waals surface area contributed by atoms with E-state index in [2.05, 4.69) is 17.1 Å². The van der Waals surface area contributed by atoms with Crippen LogP contribution in [0.2, 0.25) is 0 Å². The number of ether oxygens (including phenoxy) is 9. The fourth-order valence-corrected chi connectivity index (χ4v) is 8.32. The minimum atomic E-state index is -0.313. The number of benzene rings is 2. The van der Waals surface area contributed by atoms with Crippen LogP contribution in [0, 0.1) is 0 Å². The maximum Gasteiger partial charge on any atom is 0.306 e. The first-order valence-corrected chi connectivity index (χ1v) is 22.9. The summed E-state index contributed by atoms with van der Waals surface area (Å²) in [6.45, 7) is 9.12. The zero-order valence-corrected chi connectivity index (χ0v) is 39.8. The van der Waals surface area contributed by atoms with Crippen LogP contribution < -0.4 is 23.7 Å². The van der Waals surface area contributed by atoms with Gasteiger partial charge in [0.1, 0.15) is 25.6 Å². The summed E-state index contributed by atoms with van der Waals surface area (Å²) in [7, 11) is 6.05. The summed E-state index contributed by atoms with van der Waals surface area (Å²) < 4.78 is 51.8. The molecule has 0 spiro atoms. The van der Waals surface area contributed by atoms with Gasteiger partial charge in [0.25, 0.3) is 11.8 Å². The van der Waals surface area contributed by atoms with E-state index in [0.29, 0.717) is 128 Å². The Balaban J connectivity index is 1.09. The Morgan fingerprint density at radius 2 is 1.16 bits per heavy atom. The lowest BCUT2D eigenvalue weighted by Gasteiger charge is -2.22. The molecule has 5 heterocycles. The summed E-state index contributed by atoms with van der Waals surface area (Å²) in [4.78, 5) is 59.6. The van der Waals surface area contributed by atoms with Crippen molar-refractivity contribution in [1.82, 2.24) is 19.7 Å². The number of hydrogen-bond donors (Lipinski definition) is 0. The Morgan fingerprint density at radius 3 is 1.66 bits per heavy atom. The molecule has 2 amide bonds. The number of aliphatic imine (C=N–C) groups is 2. The van der Waals surface area contributed by atoms with E-state index in [-0.39, 0.29) is 56.1 Å². The van der Waals surface area contributed by atoms with Crippen LogP contribution in [-0.2, 0) is 37.0 Å². The predicted octanol–water partition coefficient (Wildman–Crippen LogP) is 5.93. The lowest BCUT2D eigenvalue weighted by molar-refractivity contribution is -0.141. The van der Waals surface area contributed by atoms with Gasteiger partial charge in [-0.3, -0.25) is 34.3 Å². The highest BCUT2D eigenvalue weighted by atomic mass is 16.5. The van der Waals surface area contributed by atoms with Crippen LogP contribution in [0.25, 0.3) is 0 Å². The molecule has 1 unspecified atom stereocenters. The van der Waals surface area contributed by atoms with Crippen molar-refractivity contribution in [3.63, 3.8) is 0 Å². The van der Waals surface area contributed by atoms with Crippen molar-refractivity contribution < 1.29 is 57.0 Å². The molecule has 0 aliphatic carbocycles. The van der Waals surface area contributed by atoms with E-state index in [0.717, 1.165) is 12.8 Å². The molecule has 2 aromatic carbocycles. The number of methoxy groups -OCH3 is 4. The van der Waals surface area contributed by atoms with Gasteiger partial charge < -0.3 is 52.4 Å². The topological polar surface area (TPSA) is 182 Å². The van der Waals surface area contributed by atoms with E-state index < -0.39 is 0 Å². The predicted molar refractivity (Wildman–Crippen MR) is 254 cm³/mol. The molecule has 4 aliphatic heterocycles. The van der Waals surface area contributed by atoms with Gasteiger partial charge in [0.2, 0.25) is 0 Å². The third kappa shape index (κ3) is 12.4. The summed E-state index contributed by atoms with van der Waals surface area (Å²) >= 11 is 0. The smallest absolute Gasteiger partial charge is 0.306 e. The zero-order valence-electron chi connectivity index (χ0n) is 39.8. The van der Waals surface area contributed by atoms with Crippen LogP contribution in [0.3, 0.4) is 0 Å². The van der Waals surface area contributed by atoms with Crippen molar-refractivity contribution in [2.45, 2.75) is 58.4 Å². The maximum atomic E-state index is 13.7. The first-order valence-electron chi connectivity index (χ1n) is 22.9. The summed E-state index contributed by atoms with van der Waals surface area (Å²) in [5.74, 6) is 1.48. The van der Waals surface area contributed by atoms with Crippen LogP contribution in [-0.4, -0.2) is 163 Å². The van der Waals surface area contributed by atoms with Crippen LogP contribution >= 0.6 is 0 Å². The number of hydrogen-bond acceptors (Lipinski definition) is 16. The Morgan fingerprint density at radius 1 is 0.647 bits per heavy atom. The number of carbonyl (C=O) groups excluding carboxylic acids is 3. The van der Waals surface area contributed by atoms with Crippen LogP contribution in [0.5, 0.6) is 28.7 Å². The second-order valence-corrected chi connectivity index (χ2v) is 16.5. The number of carbonyl (C=O) groups is 3. The minimum Gasteiger partial charge on any atom is -0.493 e. The second-order valence-electron chi connectivity index (χ2n) is 16.5. The van der Waals surface area contributed by atoms with Gasteiger partial charge in [0.05, 0.1) is 107 Å². The van der Waals surface area contributed by atoms with Crippen molar-refractivity contribution in [1.29, 1.82) is 0 Å². The number of rotatable bonds is 24. The highest BCUT2D eigenvalue weighted by Crippen LogP contribution is 2.41. The Kier molecular flexibility index (Phi) is 17.6. The molecule has 0 radical (unpaired) electrons. The van der Waals surface area contributed by atoms with Crippen molar-refractivity contribution in [2.75, 3.05) is 101 Å². The van der Waals surface area contributed by atoms with Gasteiger partial charge >= 0.3 is 5.97 Å². The molecule has 18 nitrogen and oxygen atoms in total. The molecule has 68 heavy (non-hydrogen) atoms. The number of pyridine rings is 1. The molecule has 2 saturated heterocycles. The molecule has 2 fully saturated rings. The average Bonchev–Trinajstić information content (AvgIpc) is 3.93. The SMILES string of the molecule is C/C=C1\CC2C=Nc3cc(OCc4cc(OCCN(CCOCCOCCOC)CCC(=O)OC)cc(COc5cc6c(cc5OC)C(=O)N5C/C(=C/C)C[C@H]5C=N6)n4)c(OC)cc3C(=O)N2C1. The summed E-state index contributed by atoms with van der Waals surface area (Å²) in [6.07, 6.45) is 9.44. The molecule has 0 saturated carbocycles. The molecule has 0 bridgehead atoms. The van der Waals surface area contributed by atoms with E-state index in [9.17, 15) is 14.4 Å². The van der Waals surface area contributed by atoms with Gasteiger partial charge in [0, 0.05) is 76.5 Å². The first kappa shape index (κ1) is 49.6. The number of esters is 1. The second kappa shape index (κ2) is 24.1. The van der Waals surface area contributed by atoms with Crippen LogP contribution in [0.4, 0.5) is 11.4 Å². The standard InChI is InChI=1S/C50H62N6O12/c1-7-33-19-37-27-51-42-25-46(44(61-4)23-40(42)49(58)55(37)29-33)67-31-35-21-39(66-14-12-54(10-9-48(57)63-6)11-13-64-17-18-65-16-15-60-3)22-36(53-35)32-68-47-26-43-41(24-45(47)62-5)50(59)56-30-34(8-2)20-38(56)28-52-43/h7-8,21-28,37-38H,9-20,29-32H2,1-6H3/b33-7+,34-8+/t37-,38?/m0/s1. The summed E-state index contributed by atoms with van der Waals surface area (Å²) in [5.41, 5.74) is 5.27. The van der Waals surface area contributed by atoms with Crippen molar-refractivity contribution >= 4 is 41.6 Å². The number of fused-ring (bicyclic) bond motifs is 4. The van der Waals surface area contributed by atoms with Crippen LogP contribution in [0.1, 0.15) is 65.2 Å². The molecule has 1 aromatic heterocycles. The Labute approximate surface area is 397 Å². The molecular formula is C50H62N6O12. The molecule has 0 N–H and O–H groups in total. The Hall–Kier alpha value is -6.34. The molecule has 2 atom stereocenters. The van der Waals surface area contributed by atoms with Gasteiger partial charge in [-0.1, -0.05) is 23.3 Å². The third-order valence-corrected chi connectivity index (χ3v) is 12.2. The Bertz CT molecular complexity index is 2270. The number of amides is 2. The van der Waals surface area contributed by atoms with E-state index >= 15 is 0 Å². The van der Waals surface area contributed by atoms with E-state index in [1.807, 2.05) is 36.1 Å². The first-order chi connectivity index (χ1) is 33.1. The largest absolute Gasteiger partial charge is 0.493 e. The fraction of sp³-hybridized carbons (Fsp3) is 0.480. The zero-order chi connectivity index (χ0) is 48.0. The van der Waals surface area contributed by atoms with Gasteiger partial charge in [-0.25, -0.2) is 0 Å². The number of allylic oxidation sites excluding steroid dienone is 2. The summed E-state index contributed by atoms with van der Waals surface area (Å²) in [5, 5.41) is 0. The highest BCUT2D eigenvalue weighted by Gasteiger charge is 2.36. The molecule has 4 aliphatic rings. The molecule has 7 rings (SSSR count). The minimum absolute atomic E-state index is 0.000217. The highest BCUT2D eigenvalue weighted by molar-refractivity contribution is 6.04. The van der Waals surface area contributed by atoms with Crippen molar-refractivity contribution in [3.05, 3.63) is 82.2 Å². The van der Waals surface area contributed by atoms with E-state index in [4.69, 9.17) is 57.6 Å². The fourth-order valence-electron chi connectivity index (χ4n) is 8.32. The normalized spacial score (nSPS) is 18.3. The maximum absolute atomic E-state index is 13.7. The van der Waals surface area contributed by atoms with E-state index in [1.54, 1.807) is 43.5 Å². The molecule has 3 aromatic rings. The van der Waals surface area contributed by atoms with Crippen molar-refractivity contribution in [3.8, 4) is 28.7 Å². The van der Waals surface area contributed by atoms with Crippen LogP contribution in [0.15, 0.2) is 69.7 Å². The van der Waals surface area contributed by atoms with Crippen molar-refractivity contribution in [2.24, 2.45) is 9.98 Å². The van der Waals surface area contributed by atoms with Gasteiger partial charge in [-0.2, -0.15) is 0 Å². The number of aromatic nitrogens is 1. The number of nitrogens with zero attached hydrogens (tertiary/aromatic N) is 6. The lowest BCUT2D eigenvalue weighted by atomic mass is 10.1. The van der Waals surface area contributed by atoms with Gasteiger partial charge in [0.15, 0.2) is 23.0 Å². The average molecular weight is 939 g/mol. The lowest BCUT2D eigenvalue weighted by Crippen LogP contribution is -2.35. The van der Waals surface area contributed by atoms with Gasteiger partial charge in [-0.05, 0) is 38.8 Å².